The van der Waals surface area contributed by atoms with E-state index < -0.39 is 0 Å². The summed E-state index contributed by atoms with van der Waals surface area (Å²) in [5.74, 6) is 1.30. The van der Waals surface area contributed by atoms with Crippen molar-refractivity contribution >= 4 is 6.21 Å². The van der Waals surface area contributed by atoms with Crippen LogP contribution in [0.4, 0.5) is 0 Å². The van der Waals surface area contributed by atoms with Gasteiger partial charge >= 0.3 is 0 Å². The van der Waals surface area contributed by atoms with Crippen LogP contribution in [0.2, 0.25) is 0 Å². The summed E-state index contributed by atoms with van der Waals surface area (Å²) in [5, 5.41) is 11.5. The second-order valence-corrected chi connectivity index (χ2v) is 4.24. The van der Waals surface area contributed by atoms with Crippen molar-refractivity contribution in [2.45, 2.75) is 6.42 Å². The van der Waals surface area contributed by atoms with Crippen molar-refractivity contribution in [2.24, 2.45) is 5.16 Å². The van der Waals surface area contributed by atoms with Gasteiger partial charge in [-0.1, -0.05) is 35.5 Å². The zero-order valence-electron chi connectivity index (χ0n) is 11.3. The van der Waals surface area contributed by atoms with Crippen molar-refractivity contribution in [1.29, 1.82) is 0 Å². The second-order valence-electron chi connectivity index (χ2n) is 4.24. The van der Waals surface area contributed by atoms with Gasteiger partial charge in [-0.2, -0.15) is 0 Å². The van der Waals surface area contributed by atoms with Crippen LogP contribution in [-0.4, -0.2) is 25.1 Å². The lowest BCUT2D eigenvalue weighted by Gasteiger charge is -2.11. The first-order valence-corrected chi connectivity index (χ1v) is 6.35. The van der Waals surface area contributed by atoms with E-state index in [9.17, 15) is 0 Å². The fraction of sp³-hybridized carbons (Fsp3) is 0.188. The molecule has 0 heterocycles. The quantitative estimate of drug-likeness (QED) is 0.499. The molecular weight excluding hydrogens is 254 g/mol. The Bertz CT molecular complexity index is 567. The smallest absolute Gasteiger partial charge is 0.161 e. The maximum Gasteiger partial charge on any atom is 0.161 e. The summed E-state index contributed by atoms with van der Waals surface area (Å²) in [4.78, 5) is 0. The van der Waals surface area contributed by atoms with Crippen molar-refractivity contribution in [3.8, 4) is 11.5 Å². The van der Waals surface area contributed by atoms with Crippen molar-refractivity contribution in [3.63, 3.8) is 0 Å². The number of methoxy groups -OCH3 is 1. The van der Waals surface area contributed by atoms with Crippen LogP contribution in [0.3, 0.4) is 0 Å². The Kier molecular flexibility index (Phi) is 5.00. The second kappa shape index (κ2) is 7.19. The highest BCUT2D eigenvalue weighted by Crippen LogP contribution is 2.27. The van der Waals surface area contributed by atoms with E-state index >= 15 is 0 Å². The maximum atomic E-state index is 8.52. The zero-order valence-corrected chi connectivity index (χ0v) is 11.3. The number of rotatable bonds is 6. The van der Waals surface area contributed by atoms with E-state index in [0.717, 1.165) is 12.0 Å². The lowest BCUT2D eigenvalue weighted by molar-refractivity contribution is 0.297. The number of nitrogens with zero attached hydrogens (tertiary/aromatic N) is 1. The Morgan fingerprint density at radius 1 is 1.10 bits per heavy atom. The summed E-state index contributed by atoms with van der Waals surface area (Å²) < 4.78 is 11.0. The largest absolute Gasteiger partial charge is 0.493 e. The first-order valence-electron chi connectivity index (χ1n) is 6.35. The van der Waals surface area contributed by atoms with Crippen LogP contribution >= 0.6 is 0 Å². The van der Waals surface area contributed by atoms with E-state index in [1.165, 1.54) is 11.8 Å². The van der Waals surface area contributed by atoms with Gasteiger partial charge in [0, 0.05) is 12.0 Å². The normalized spacial score (nSPS) is 10.7. The molecule has 0 aliphatic heterocycles. The molecule has 4 heteroatoms. The molecule has 0 bridgehead atoms. The highest BCUT2D eigenvalue weighted by Gasteiger charge is 2.05. The van der Waals surface area contributed by atoms with E-state index in [1.54, 1.807) is 25.3 Å². The summed E-state index contributed by atoms with van der Waals surface area (Å²) >= 11 is 0. The van der Waals surface area contributed by atoms with Crippen molar-refractivity contribution in [1.82, 2.24) is 0 Å². The van der Waals surface area contributed by atoms with Crippen molar-refractivity contribution < 1.29 is 14.7 Å². The Hall–Kier alpha value is -2.49. The monoisotopic (exact) mass is 271 g/mol. The average molecular weight is 271 g/mol. The molecule has 0 radical (unpaired) electrons. The minimum absolute atomic E-state index is 0.577. The standard InChI is InChI=1S/C16H17NO3/c1-19-16-11-14(12-17-18)7-8-15(16)20-10-9-13-5-3-2-4-6-13/h2-8,11-12,18H,9-10H2,1H3. The number of hydrogen-bond acceptors (Lipinski definition) is 4. The summed E-state index contributed by atoms with van der Waals surface area (Å²) in [6, 6.07) is 15.5. The highest BCUT2D eigenvalue weighted by atomic mass is 16.5. The van der Waals surface area contributed by atoms with Crippen LogP contribution in [-0.2, 0) is 6.42 Å². The maximum absolute atomic E-state index is 8.52. The Labute approximate surface area is 118 Å². The Morgan fingerprint density at radius 3 is 2.60 bits per heavy atom. The van der Waals surface area contributed by atoms with Gasteiger partial charge in [0.25, 0.3) is 0 Å². The Balaban J connectivity index is 1.98. The SMILES string of the molecule is COc1cc(C=NO)ccc1OCCc1ccccc1. The molecule has 0 saturated heterocycles. The molecule has 20 heavy (non-hydrogen) atoms. The van der Waals surface area contributed by atoms with Crippen LogP contribution in [0, 0.1) is 0 Å². The third-order valence-corrected chi connectivity index (χ3v) is 2.89. The number of hydrogen-bond donors (Lipinski definition) is 1. The van der Waals surface area contributed by atoms with Crippen LogP contribution in [0.5, 0.6) is 11.5 Å². The predicted molar refractivity (Wildman–Crippen MR) is 78.0 cm³/mol. The van der Waals surface area contributed by atoms with Gasteiger partial charge in [0.2, 0.25) is 0 Å². The third-order valence-electron chi connectivity index (χ3n) is 2.89. The van der Waals surface area contributed by atoms with Gasteiger partial charge < -0.3 is 14.7 Å². The van der Waals surface area contributed by atoms with Crippen LogP contribution in [0.15, 0.2) is 53.7 Å². The van der Waals surface area contributed by atoms with Crippen LogP contribution < -0.4 is 9.47 Å². The van der Waals surface area contributed by atoms with Gasteiger partial charge in [-0.3, -0.25) is 0 Å². The summed E-state index contributed by atoms with van der Waals surface area (Å²) in [6.07, 6.45) is 2.18. The number of oxime groups is 1. The molecule has 1 N–H and O–H groups in total. The topological polar surface area (TPSA) is 51.0 Å². The molecule has 0 unspecified atom stereocenters. The molecule has 2 aromatic carbocycles. The molecule has 0 saturated carbocycles. The number of ether oxygens (including phenoxy) is 2. The van der Waals surface area contributed by atoms with Gasteiger partial charge in [-0.05, 0) is 23.8 Å². The molecule has 0 aliphatic carbocycles. The van der Waals surface area contributed by atoms with Gasteiger partial charge in [0.05, 0.1) is 19.9 Å². The first kappa shape index (κ1) is 13.9. The fourth-order valence-corrected chi connectivity index (χ4v) is 1.87. The molecule has 0 fully saturated rings. The zero-order chi connectivity index (χ0) is 14.2. The van der Waals surface area contributed by atoms with Crippen molar-refractivity contribution in [2.75, 3.05) is 13.7 Å². The first-order chi connectivity index (χ1) is 9.83. The Morgan fingerprint density at radius 2 is 1.90 bits per heavy atom. The lowest BCUT2D eigenvalue weighted by Crippen LogP contribution is -2.03. The van der Waals surface area contributed by atoms with E-state index in [0.29, 0.717) is 18.1 Å². The molecule has 0 aliphatic rings. The van der Waals surface area contributed by atoms with E-state index in [-0.39, 0.29) is 0 Å². The van der Waals surface area contributed by atoms with E-state index in [1.807, 2.05) is 18.2 Å². The fourth-order valence-electron chi connectivity index (χ4n) is 1.87. The van der Waals surface area contributed by atoms with Crippen molar-refractivity contribution in [3.05, 3.63) is 59.7 Å². The van der Waals surface area contributed by atoms with E-state index in [2.05, 4.69) is 17.3 Å². The average Bonchev–Trinajstić information content (AvgIpc) is 2.50. The minimum atomic E-state index is 0.577. The van der Waals surface area contributed by atoms with Crippen LogP contribution in [0.25, 0.3) is 0 Å². The molecular formula is C16H17NO3. The molecule has 0 spiro atoms. The summed E-state index contributed by atoms with van der Waals surface area (Å²) in [7, 11) is 1.58. The van der Waals surface area contributed by atoms with Gasteiger partial charge in [0.15, 0.2) is 11.5 Å². The lowest BCUT2D eigenvalue weighted by atomic mass is 10.2. The molecule has 0 amide bonds. The van der Waals surface area contributed by atoms with Gasteiger partial charge in [-0.25, -0.2) is 0 Å². The summed E-state index contributed by atoms with van der Waals surface area (Å²) in [6.45, 7) is 0.577. The number of benzene rings is 2. The predicted octanol–water partition coefficient (Wildman–Crippen LogP) is 3.12. The molecule has 4 nitrogen and oxygen atoms in total. The molecule has 0 aromatic heterocycles. The van der Waals surface area contributed by atoms with Crippen LogP contribution in [0.1, 0.15) is 11.1 Å². The molecule has 104 valence electrons. The summed E-state index contributed by atoms with van der Waals surface area (Å²) in [5.41, 5.74) is 1.98. The van der Waals surface area contributed by atoms with Gasteiger partial charge in [-0.15, -0.1) is 0 Å². The highest BCUT2D eigenvalue weighted by molar-refractivity contribution is 5.80. The third kappa shape index (κ3) is 3.75. The molecule has 2 aromatic rings. The van der Waals surface area contributed by atoms with E-state index in [4.69, 9.17) is 14.7 Å². The molecule has 2 rings (SSSR count). The minimum Gasteiger partial charge on any atom is -0.493 e. The van der Waals surface area contributed by atoms with Gasteiger partial charge in [0.1, 0.15) is 0 Å². The molecule has 0 atom stereocenters.